The summed E-state index contributed by atoms with van der Waals surface area (Å²) in [5, 5.41) is 2.97. The van der Waals surface area contributed by atoms with Crippen LogP contribution in [0.1, 0.15) is 10.4 Å². The van der Waals surface area contributed by atoms with E-state index in [-0.39, 0.29) is 10.5 Å². The second-order valence-electron chi connectivity index (χ2n) is 5.68. The van der Waals surface area contributed by atoms with Crippen LogP contribution >= 0.6 is 0 Å². The molecule has 2 aromatic carbocycles. The Balaban J connectivity index is 1.94. The molecular weight excluding hydrogens is 356 g/mol. The van der Waals surface area contributed by atoms with Crippen molar-refractivity contribution in [1.29, 1.82) is 0 Å². The van der Waals surface area contributed by atoms with Crippen LogP contribution in [0.25, 0.3) is 16.9 Å². The first-order valence-electron chi connectivity index (χ1n) is 7.61. The molecule has 7 nitrogen and oxygen atoms in total. The lowest BCUT2D eigenvalue weighted by molar-refractivity contribution is 0.0600. The van der Waals surface area contributed by atoms with Gasteiger partial charge in [-0.3, -0.25) is 9.89 Å². The van der Waals surface area contributed by atoms with E-state index in [1.807, 2.05) is 0 Å². The molecule has 1 heterocycles. The maximum absolute atomic E-state index is 12.3. The Labute approximate surface area is 149 Å². The van der Waals surface area contributed by atoms with Gasteiger partial charge in [0.1, 0.15) is 0 Å². The third-order valence-electron chi connectivity index (χ3n) is 3.86. The van der Waals surface area contributed by atoms with E-state index < -0.39 is 15.8 Å². The second-order valence-corrected chi connectivity index (χ2v) is 7.69. The number of methoxy groups -OCH3 is 1. The van der Waals surface area contributed by atoms with E-state index in [2.05, 4.69) is 9.84 Å². The molecule has 0 saturated heterocycles. The number of carbonyl (C=O) groups excluding carboxylic acids is 1. The fourth-order valence-electron chi connectivity index (χ4n) is 2.48. The van der Waals surface area contributed by atoms with Crippen molar-refractivity contribution in [3.8, 4) is 16.9 Å². The van der Waals surface area contributed by atoms with Crippen LogP contribution in [0.5, 0.6) is 0 Å². The number of ether oxygens (including phenoxy) is 1. The molecule has 134 valence electrons. The van der Waals surface area contributed by atoms with Crippen LogP contribution in [0.3, 0.4) is 0 Å². The number of aromatic amines is 1. The standard InChI is InChI=1S/C18H16N2O5S/c1-25-18(22)13-5-3-12(4-6-13)16-11-17(21)20(19-16)14-7-9-15(10-8-14)26(2,23)24/h3-11,19H,1-2H3. The number of carbonyl (C=O) groups is 1. The van der Waals surface area contributed by atoms with Crippen LogP contribution in [0.4, 0.5) is 0 Å². The molecule has 0 aliphatic carbocycles. The smallest absolute Gasteiger partial charge is 0.337 e. The molecule has 0 saturated carbocycles. The predicted molar refractivity (Wildman–Crippen MR) is 96.3 cm³/mol. The molecule has 0 amide bonds. The summed E-state index contributed by atoms with van der Waals surface area (Å²) < 4.78 is 29.0. The van der Waals surface area contributed by atoms with E-state index in [1.165, 1.54) is 30.0 Å². The van der Waals surface area contributed by atoms with Gasteiger partial charge in [0, 0.05) is 12.3 Å². The highest BCUT2D eigenvalue weighted by Gasteiger charge is 2.11. The van der Waals surface area contributed by atoms with Crippen LogP contribution in [0.15, 0.2) is 64.3 Å². The zero-order valence-corrected chi connectivity index (χ0v) is 14.9. The molecule has 0 atom stereocenters. The highest BCUT2D eigenvalue weighted by molar-refractivity contribution is 7.90. The molecule has 0 radical (unpaired) electrons. The maximum Gasteiger partial charge on any atom is 0.337 e. The minimum Gasteiger partial charge on any atom is -0.465 e. The number of nitrogens with zero attached hydrogens (tertiary/aromatic N) is 1. The van der Waals surface area contributed by atoms with E-state index in [9.17, 15) is 18.0 Å². The van der Waals surface area contributed by atoms with E-state index in [0.717, 1.165) is 11.8 Å². The van der Waals surface area contributed by atoms with Crippen LogP contribution in [0, 0.1) is 0 Å². The molecule has 26 heavy (non-hydrogen) atoms. The number of H-pyrrole nitrogens is 1. The van der Waals surface area contributed by atoms with Gasteiger partial charge in [-0.1, -0.05) is 12.1 Å². The quantitative estimate of drug-likeness (QED) is 0.707. The number of benzene rings is 2. The number of esters is 1. The minimum atomic E-state index is -3.30. The Morgan fingerprint density at radius 1 is 1.04 bits per heavy atom. The van der Waals surface area contributed by atoms with Gasteiger partial charge in [-0.2, -0.15) is 0 Å². The van der Waals surface area contributed by atoms with Gasteiger partial charge < -0.3 is 4.74 Å². The number of rotatable bonds is 4. The topological polar surface area (TPSA) is 98.2 Å². The Morgan fingerprint density at radius 3 is 2.19 bits per heavy atom. The molecular formula is C18H16N2O5S. The summed E-state index contributed by atoms with van der Waals surface area (Å²) in [6.45, 7) is 0. The van der Waals surface area contributed by atoms with Crippen molar-refractivity contribution in [1.82, 2.24) is 9.78 Å². The first-order chi connectivity index (χ1) is 12.3. The van der Waals surface area contributed by atoms with E-state index in [1.54, 1.807) is 36.4 Å². The lowest BCUT2D eigenvalue weighted by Crippen LogP contribution is -2.13. The number of hydrogen-bond donors (Lipinski definition) is 1. The summed E-state index contributed by atoms with van der Waals surface area (Å²) in [5.41, 5.74) is 1.93. The maximum atomic E-state index is 12.3. The Kier molecular flexibility index (Phi) is 4.52. The van der Waals surface area contributed by atoms with E-state index in [0.29, 0.717) is 16.9 Å². The van der Waals surface area contributed by atoms with Gasteiger partial charge in [-0.15, -0.1) is 0 Å². The molecule has 0 spiro atoms. The number of nitrogens with one attached hydrogen (secondary N) is 1. The van der Waals surface area contributed by atoms with Gasteiger partial charge >= 0.3 is 5.97 Å². The molecule has 0 unspecified atom stereocenters. The molecule has 1 N–H and O–H groups in total. The molecule has 3 aromatic rings. The Bertz CT molecular complexity index is 1110. The van der Waals surface area contributed by atoms with Gasteiger partial charge in [0.25, 0.3) is 5.56 Å². The molecule has 0 aliphatic rings. The van der Waals surface area contributed by atoms with E-state index in [4.69, 9.17) is 0 Å². The fourth-order valence-corrected chi connectivity index (χ4v) is 3.11. The summed E-state index contributed by atoms with van der Waals surface area (Å²) in [7, 11) is -1.99. The van der Waals surface area contributed by atoms with Crippen LogP contribution in [-0.4, -0.2) is 37.5 Å². The van der Waals surface area contributed by atoms with Crippen LogP contribution in [-0.2, 0) is 14.6 Å². The molecule has 8 heteroatoms. The summed E-state index contributed by atoms with van der Waals surface area (Å²) in [6, 6.07) is 14.1. The Hall–Kier alpha value is -3.13. The molecule has 3 rings (SSSR count). The van der Waals surface area contributed by atoms with Crippen molar-refractivity contribution in [2.45, 2.75) is 4.90 Å². The normalized spacial score (nSPS) is 11.3. The number of hydrogen-bond acceptors (Lipinski definition) is 5. The van der Waals surface area contributed by atoms with Gasteiger partial charge in [0.05, 0.1) is 29.0 Å². The molecule has 1 aromatic heterocycles. The second kappa shape index (κ2) is 6.64. The average Bonchev–Trinajstić information content (AvgIpc) is 3.02. The van der Waals surface area contributed by atoms with Crippen LogP contribution < -0.4 is 5.56 Å². The zero-order valence-electron chi connectivity index (χ0n) is 14.1. The van der Waals surface area contributed by atoms with Gasteiger partial charge in [-0.05, 0) is 42.0 Å². The fraction of sp³-hybridized carbons (Fsp3) is 0.111. The molecule has 0 bridgehead atoms. The highest BCUT2D eigenvalue weighted by Crippen LogP contribution is 2.18. The minimum absolute atomic E-state index is 0.180. The van der Waals surface area contributed by atoms with Crippen LogP contribution in [0.2, 0.25) is 0 Å². The summed E-state index contributed by atoms with van der Waals surface area (Å²) >= 11 is 0. The van der Waals surface area contributed by atoms with Gasteiger partial charge in [0.2, 0.25) is 0 Å². The van der Waals surface area contributed by atoms with Gasteiger partial charge in [0.15, 0.2) is 9.84 Å². The van der Waals surface area contributed by atoms with Crippen molar-refractivity contribution in [2.75, 3.05) is 13.4 Å². The third kappa shape index (κ3) is 3.45. The summed E-state index contributed by atoms with van der Waals surface area (Å²) in [4.78, 5) is 23.9. The zero-order chi connectivity index (χ0) is 18.9. The lowest BCUT2D eigenvalue weighted by atomic mass is 10.1. The van der Waals surface area contributed by atoms with Crippen molar-refractivity contribution in [3.05, 3.63) is 70.5 Å². The first kappa shape index (κ1) is 17.7. The van der Waals surface area contributed by atoms with Crippen molar-refractivity contribution in [3.63, 3.8) is 0 Å². The van der Waals surface area contributed by atoms with Gasteiger partial charge in [-0.25, -0.2) is 17.9 Å². The lowest BCUT2D eigenvalue weighted by Gasteiger charge is -2.04. The largest absolute Gasteiger partial charge is 0.465 e. The highest BCUT2D eigenvalue weighted by atomic mass is 32.2. The number of aromatic nitrogens is 2. The first-order valence-corrected chi connectivity index (χ1v) is 9.50. The Morgan fingerprint density at radius 2 is 1.65 bits per heavy atom. The monoisotopic (exact) mass is 372 g/mol. The van der Waals surface area contributed by atoms with Crippen molar-refractivity contribution >= 4 is 15.8 Å². The summed E-state index contributed by atoms with van der Waals surface area (Å²) in [6.07, 6.45) is 1.12. The number of sulfone groups is 1. The molecule has 0 aliphatic heterocycles. The summed E-state index contributed by atoms with van der Waals surface area (Å²) in [5.74, 6) is -0.437. The van der Waals surface area contributed by atoms with E-state index >= 15 is 0 Å². The SMILES string of the molecule is COC(=O)c1ccc(-c2cc(=O)n(-c3ccc(S(C)(=O)=O)cc3)[nH]2)cc1. The molecule has 0 fully saturated rings. The van der Waals surface area contributed by atoms with Crippen molar-refractivity contribution < 1.29 is 17.9 Å². The average molecular weight is 372 g/mol. The third-order valence-corrected chi connectivity index (χ3v) is 4.99. The van der Waals surface area contributed by atoms with Crippen molar-refractivity contribution in [2.24, 2.45) is 0 Å². The predicted octanol–water partition coefficient (Wildman–Crippen LogP) is 2.02.